The average Bonchev–Trinajstić information content (AvgIpc) is 3.04. The van der Waals surface area contributed by atoms with Crippen LogP contribution in [0, 0.1) is 23.7 Å². The van der Waals surface area contributed by atoms with Gasteiger partial charge in [-0.15, -0.1) is 0 Å². The van der Waals surface area contributed by atoms with Crippen LogP contribution in [0.4, 0.5) is 5.69 Å². The van der Waals surface area contributed by atoms with Gasteiger partial charge in [-0.1, -0.05) is 41.4 Å². The number of nitrogens with one attached hydrogen (secondary N) is 1. The van der Waals surface area contributed by atoms with Crippen molar-refractivity contribution in [1.82, 2.24) is 0 Å². The molecule has 1 saturated carbocycles. The summed E-state index contributed by atoms with van der Waals surface area (Å²) in [6.07, 6.45) is 4.56. The third-order valence-electron chi connectivity index (χ3n) is 4.26. The Morgan fingerprint density at radius 3 is 2.48 bits per heavy atom. The number of rotatable bonds is 3. The summed E-state index contributed by atoms with van der Waals surface area (Å²) in [5.41, 5.74) is 0.407. The molecule has 0 heterocycles. The molecular weight excluding hydrogens is 313 g/mol. The van der Waals surface area contributed by atoms with E-state index in [0.717, 1.165) is 6.42 Å². The zero-order valence-corrected chi connectivity index (χ0v) is 12.4. The lowest BCUT2D eigenvalue weighted by Crippen LogP contribution is -2.36. The molecule has 0 saturated heterocycles. The van der Waals surface area contributed by atoms with Crippen LogP contribution in [0.3, 0.4) is 0 Å². The molecule has 2 bridgehead atoms. The number of carboxylic acids is 1. The third kappa shape index (κ3) is 2.43. The van der Waals surface area contributed by atoms with Gasteiger partial charge in [-0.3, -0.25) is 9.59 Å². The normalized spacial score (nSPS) is 29.6. The maximum Gasteiger partial charge on any atom is 0.307 e. The largest absolute Gasteiger partial charge is 0.481 e. The van der Waals surface area contributed by atoms with Gasteiger partial charge in [0.1, 0.15) is 0 Å². The first-order valence-electron chi connectivity index (χ1n) is 6.65. The summed E-state index contributed by atoms with van der Waals surface area (Å²) < 4.78 is 0. The Labute approximate surface area is 131 Å². The van der Waals surface area contributed by atoms with Gasteiger partial charge < -0.3 is 10.4 Å². The minimum absolute atomic E-state index is 0.0194. The number of halogens is 2. The first kappa shape index (κ1) is 14.4. The van der Waals surface area contributed by atoms with E-state index in [1.165, 1.54) is 0 Å². The van der Waals surface area contributed by atoms with Gasteiger partial charge in [-0.25, -0.2) is 0 Å². The molecule has 0 spiro atoms. The molecule has 3 rings (SSSR count). The molecular formula is C15H13Cl2NO3. The third-order valence-corrected chi connectivity index (χ3v) is 5.08. The van der Waals surface area contributed by atoms with Crippen LogP contribution in [-0.4, -0.2) is 17.0 Å². The molecule has 0 aliphatic heterocycles. The molecule has 0 aromatic heterocycles. The zero-order valence-electron chi connectivity index (χ0n) is 10.9. The van der Waals surface area contributed by atoms with Gasteiger partial charge in [0.2, 0.25) is 5.91 Å². The van der Waals surface area contributed by atoms with Crippen molar-refractivity contribution in [2.45, 2.75) is 6.42 Å². The van der Waals surface area contributed by atoms with Crippen molar-refractivity contribution in [3.63, 3.8) is 0 Å². The Balaban J connectivity index is 1.84. The number of carbonyl (C=O) groups is 2. The van der Waals surface area contributed by atoms with Gasteiger partial charge in [0.05, 0.1) is 27.6 Å². The van der Waals surface area contributed by atoms with Crippen LogP contribution < -0.4 is 5.32 Å². The quantitative estimate of drug-likeness (QED) is 0.836. The number of anilines is 1. The molecule has 1 amide bonds. The zero-order chi connectivity index (χ0) is 15.1. The molecule has 1 aromatic rings. The summed E-state index contributed by atoms with van der Waals surface area (Å²) in [6.45, 7) is 0. The van der Waals surface area contributed by atoms with Crippen molar-refractivity contribution in [3.8, 4) is 0 Å². The lowest BCUT2D eigenvalue weighted by Gasteiger charge is -2.24. The van der Waals surface area contributed by atoms with Gasteiger partial charge in [0.15, 0.2) is 0 Å². The minimum Gasteiger partial charge on any atom is -0.481 e. The van der Waals surface area contributed by atoms with Crippen LogP contribution in [0.15, 0.2) is 30.4 Å². The number of amides is 1. The number of carbonyl (C=O) groups excluding carboxylic acids is 1. The number of aliphatic carboxylic acids is 1. The number of hydrogen-bond donors (Lipinski definition) is 2. The lowest BCUT2D eigenvalue weighted by molar-refractivity contribution is -0.146. The summed E-state index contributed by atoms with van der Waals surface area (Å²) >= 11 is 12.0. The molecule has 2 aliphatic carbocycles. The van der Waals surface area contributed by atoms with E-state index in [2.05, 4.69) is 5.32 Å². The second-order valence-electron chi connectivity index (χ2n) is 5.43. The minimum atomic E-state index is -0.927. The van der Waals surface area contributed by atoms with Crippen LogP contribution in [-0.2, 0) is 9.59 Å². The first-order valence-corrected chi connectivity index (χ1v) is 7.40. The summed E-state index contributed by atoms with van der Waals surface area (Å²) in [5, 5.41) is 12.7. The van der Waals surface area contributed by atoms with Crippen LogP contribution in [0.5, 0.6) is 0 Å². The maximum absolute atomic E-state index is 12.5. The van der Waals surface area contributed by atoms with Gasteiger partial charge in [-0.2, -0.15) is 0 Å². The SMILES string of the molecule is O=C(O)[C@H]1[C@H](C(=O)Nc2cccc(Cl)c2Cl)[C@H]2C=C[C@H]1C2. The Morgan fingerprint density at radius 2 is 1.81 bits per heavy atom. The second-order valence-corrected chi connectivity index (χ2v) is 6.21. The van der Waals surface area contributed by atoms with Crippen LogP contribution >= 0.6 is 23.2 Å². The number of allylic oxidation sites excluding steroid dienone is 2. The van der Waals surface area contributed by atoms with E-state index in [1.54, 1.807) is 18.2 Å². The van der Waals surface area contributed by atoms with E-state index >= 15 is 0 Å². The van der Waals surface area contributed by atoms with E-state index in [4.69, 9.17) is 23.2 Å². The number of benzene rings is 1. The molecule has 4 nitrogen and oxygen atoms in total. The first-order chi connectivity index (χ1) is 9.99. The molecule has 6 heteroatoms. The summed E-state index contributed by atoms with van der Waals surface area (Å²) in [7, 11) is 0. The van der Waals surface area contributed by atoms with Crippen LogP contribution in [0.2, 0.25) is 10.0 Å². The molecule has 0 unspecified atom stereocenters. The van der Waals surface area contributed by atoms with Crippen molar-refractivity contribution < 1.29 is 14.7 Å². The molecule has 2 aliphatic rings. The van der Waals surface area contributed by atoms with E-state index in [1.807, 2.05) is 12.2 Å². The highest BCUT2D eigenvalue weighted by molar-refractivity contribution is 6.44. The van der Waals surface area contributed by atoms with Crippen molar-refractivity contribution in [2.24, 2.45) is 23.7 Å². The topological polar surface area (TPSA) is 66.4 Å². The Morgan fingerprint density at radius 1 is 1.14 bits per heavy atom. The molecule has 1 fully saturated rings. The van der Waals surface area contributed by atoms with E-state index < -0.39 is 17.8 Å². The monoisotopic (exact) mass is 325 g/mol. The average molecular weight is 326 g/mol. The fourth-order valence-electron chi connectivity index (χ4n) is 3.33. The molecule has 21 heavy (non-hydrogen) atoms. The predicted molar refractivity (Wildman–Crippen MR) is 80.4 cm³/mol. The summed E-state index contributed by atoms with van der Waals surface area (Å²) in [4.78, 5) is 23.9. The Hall–Kier alpha value is -1.52. The van der Waals surface area contributed by atoms with Gasteiger partial charge >= 0.3 is 5.97 Å². The lowest BCUT2D eigenvalue weighted by atomic mass is 9.82. The second kappa shape index (κ2) is 5.35. The van der Waals surface area contributed by atoms with Gasteiger partial charge in [-0.05, 0) is 30.4 Å². The van der Waals surface area contributed by atoms with Crippen molar-refractivity contribution >= 4 is 40.8 Å². The standard InChI is InChI=1S/C15H13Cl2NO3/c16-9-2-1-3-10(13(9)17)18-14(19)11-7-4-5-8(6-7)12(11)15(20)21/h1-5,7-8,11-12H,6H2,(H,18,19)(H,20,21)/t7-,8-,11+,12+/m0/s1. The number of fused-ring (bicyclic) bond motifs is 2. The van der Waals surface area contributed by atoms with Crippen molar-refractivity contribution in [3.05, 3.63) is 40.4 Å². The van der Waals surface area contributed by atoms with Gasteiger partial charge in [0, 0.05) is 0 Å². The molecule has 1 aromatic carbocycles. The maximum atomic E-state index is 12.5. The Bertz CT molecular complexity index is 644. The predicted octanol–water partition coefficient (Wildman–Crippen LogP) is 3.45. The fraction of sp³-hybridized carbons (Fsp3) is 0.333. The van der Waals surface area contributed by atoms with Crippen molar-refractivity contribution in [2.75, 3.05) is 5.32 Å². The molecule has 110 valence electrons. The molecule has 0 radical (unpaired) electrons. The van der Waals surface area contributed by atoms with E-state index in [9.17, 15) is 14.7 Å². The van der Waals surface area contributed by atoms with Crippen molar-refractivity contribution in [1.29, 1.82) is 0 Å². The number of carboxylic acid groups (broad SMARTS) is 1. The van der Waals surface area contributed by atoms with Crippen LogP contribution in [0.1, 0.15) is 6.42 Å². The highest BCUT2D eigenvalue weighted by Crippen LogP contribution is 2.48. The Kier molecular flexibility index (Phi) is 3.68. The molecule has 4 atom stereocenters. The summed E-state index contributed by atoms with van der Waals surface area (Å²) in [6, 6.07) is 4.95. The number of hydrogen-bond acceptors (Lipinski definition) is 2. The summed E-state index contributed by atoms with van der Waals surface area (Å²) in [5.74, 6) is -2.55. The highest BCUT2D eigenvalue weighted by Gasteiger charge is 2.51. The van der Waals surface area contributed by atoms with Gasteiger partial charge in [0.25, 0.3) is 0 Å². The van der Waals surface area contributed by atoms with Crippen LogP contribution in [0.25, 0.3) is 0 Å². The van der Waals surface area contributed by atoms with E-state index in [-0.39, 0.29) is 22.8 Å². The highest BCUT2D eigenvalue weighted by atomic mass is 35.5. The van der Waals surface area contributed by atoms with E-state index in [0.29, 0.717) is 10.7 Å². The fourth-order valence-corrected chi connectivity index (χ4v) is 3.68. The smallest absolute Gasteiger partial charge is 0.307 e. The molecule has 2 N–H and O–H groups in total.